The van der Waals surface area contributed by atoms with Gasteiger partial charge in [-0.1, -0.05) is 18.2 Å². The van der Waals surface area contributed by atoms with E-state index < -0.39 is 18.0 Å². The minimum absolute atomic E-state index is 0.104. The number of carbonyl (C=O) groups is 1. The highest BCUT2D eigenvalue weighted by Gasteiger charge is 2.24. The number of nitrogens with one attached hydrogen (secondary N) is 1. The van der Waals surface area contributed by atoms with Gasteiger partial charge >= 0.3 is 6.09 Å². The molecule has 0 bridgehead atoms. The SMILES string of the molecule is O=C1NOCC(c2ccccc2F)O1. The summed E-state index contributed by atoms with van der Waals surface area (Å²) in [5.74, 6) is -0.407. The van der Waals surface area contributed by atoms with Gasteiger partial charge in [0, 0.05) is 5.56 Å². The van der Waals surface area contributed by atoms with E-state index in [4.69, 9.17) is 9.57 Å². The number of amides is 1. The van der Waals surface area contributed by atoms with Crippen molar-refractivity contribution >= 4 is 6.09 Å². The lowest BCUT2D eigenvalue weighted by Gasteiger charge is -2.23. The summed E-state index contributed by atoms with van der Waals surface area (Å²) in [6.45, 7) is 0.104. The minimum Gasteiger partial charge on any atom is -0.437 e. The monoisotopic (exact) mass is 197 g/mol. The number of hydrogen-bond donors (Lipinski definition) is 1. The zero-order valence-electron chi connectivity index (χ0n) is 7.20. The van der Waals surface area contributed by atoms with Crippen LogP contribution in [0.2, 0.25) is 0 Å². The molecule has 1 aliphatic rings. The van der Waals surface area contributed by atoms with Gasteiger partial charge in [-0.2, -0.15) is 5.48 Å². The lowest BCUT2D eigenvalue weighted by Crippen LogP contribution is -2.35. The van der Waals surface area contributed by atoms with Gasteiger partial charge in [-0.3, -0.25) is 4.84 Å². The van der Waals surface area contributed by atoms with Crippen molar-refractivity contribution < 1.29 is 18.8 Å². The second-order valence-electron chi connectivity index (χ2n) is 2.83. The highest BCUT2D eigenvalue weighted by molar-refractivity contribution is 5.66. The summed E-state index contributed by atoms with van der Waals surface area (Å²) in [4.78, 5) is 15.5. The average Bonchev–Trinajstić information content (AvgIpc) is 2.18. The Morgan fingerprint density at radius 2 is 2.21 bits per heavy atom. The van der Waals surface area contributed by atoms with E-state index >= 15 is 0 Å². The average molecular weight is 197 g/mol. The molecule has 1 aromatic carbocycles. The molecule has 1 saturated heterocycles. The zero-order chi connectivity index (χ0) is 9.97. The highest BCUT2D eigenvalue weighted by atomic mass is 19.1. The van der Waals surface area contributed by atoms with Crippen molar-refractivity contribution in [1.29, 1.82) is 0 Å². The molecule has 5 heteroatoms. The number of hydrogen-bond acceptors (Lipinski definition) is 3. The number of carbonyl (C=O) groups excluding carboxylic acids is 1. The Hall–Kier alpha value is -1.62. The van der Waals surface area contributed by atoms with Crippen LogP contribution in [0.25, 0.3) is 0 Å². The van der Waals surface area contributed by atoms with E-state index in [1.807, 2.05) is 5.48 Å². The lowest BCUT2D eigenvalue weighted by molar-refractivity contribution is -0.0753. The molecule has 0 spiro atoms. The minimum atomic E-state index is -0.704. The fraction of sp³-hybridized carbons (Fsp3) is 0.222. The molecule has 2 rings (SSSR count). The maximum absolute atomic E-state index is 13.2. The summed E-state index contributed by atoms with van der Waals surface area (Å²) in [6, 6.07) is 6.12. The van der Waals surface area contributed by atoms with E-state index in [-0.39, 0.29) is 6.61 Å². The molecule has 0 aromatic heterocycles. The van der Waals surface area contributed by atoms with Crippen LogP contribution >= 0.6 is 0 Å². The maximum Gasteiger partial charge on any atom is 0.432 e. The summed E-state index contributed by atoms with van der Waals surface area (Å²) in [6.07, 6.45) is -1.38. The molecule has 1 aliphatic heterocycles. The number of hydroxylamine groups is 1. The fourth-order valence-electron chi connectivity index (χ4n) is 1.25. The van der Waals surface area contributed by atoms with Crippen LogP contribution in [0.4, 0.5) is 9.18 Å². The summed E-state index contributed by atoms with van der Waals surface area (Å²) in [5, 5.41) is 0. The Kier molecular flexibility index (Phi) is 2.32. The Morgan fingerprint density at radius 3 is 2.93 bits per heavy atom. The second kappa shape index (κ2) is 3.63. The third kappa shape index (κ3) is 1.67. The first-order valence-corrected chi connectivity index (χ1v) is 4.10. The third-order valence-electron chi connectivity index (χ3n) is 1.89. The molecule has 1 heterocycles. The van der Waals surface area contributed by atoms with Gasteiger partial charge < -0.3 is 4.74 Å². The van der Waals surface area contributed by atoms with E-state index in [1.54, 1.807) is 18.2 Å². The third-order valence-corrected chi connectivity index (χ3v) is 1.89. The number of rotatable bonds is 1. The molecule has 1 N–H and O–H groups in total. The smallest absolute Gasteiger partial charge is 0.432 e. The zero-order valence-corrected chi connectivity index (χ0v) is 7.20. The van der Waals surface area contributed by atoms with Crippen molar-refractivity contribution in [3.8, 4) is 0 Å². The Morgan fingerprint density at radius 1 is 1.43 bits per heavy atom. The first-order chi connectivity index (χ1) is 6.77. The van der Waals surface area contributed by atoms with Gasteiger partial charge in [-0.25, -0.2) is 9.18 Å². The molecule has 4 nitrogen and oxygen atoms in total. The van der Waals surface area contributed by atoms with Crippen LogP contribution in [-0.2, 0) is 9.57 Å². The lowest BCUT2D eigenvalue weighted by atomic mass is 10.1. The highest BCUT2D eigenvalue weighted by Crippen LogP contribution is 2.22. The molecule has 1 aromatic rings. The van der Waals surface area contributed by atoms with E-state index in [1.165, 1.54) is 6.07 Å². The van der Waals surface area contributed by atoms with Gasteiger partial charge in [0.15, 0.2) is 6.10 Å². The first kappa shape index (κ1) is 8.96. The molecule has 1 amide bonds. The van der Waals surface area contributed by atoms with Crippen molar-refractivity contribution in [1.82, 2.24) is 5.48 Å². The summed E-state index contributed by atoms with van der Waals surface area (Å²) in [7, 11) is 0. The molecule has 1 unspecified atom stereocenters. The van der Waals surface area contributed by atoms with E-state index in [0.29, 0.717) is 5.56 Å². The largest absolute Gasteiger partial charge is 0.437 e. The van der Waals surface area contributed by atoms with Crippen LogP contribution in [0.3, 0.4) is 0 Å². The fourth-order valence-corrected chi connectivity index (χ4v) is 1.25. The van der Waals surface area contributed by atoms with Crippen molar-refractivity contribution in [2.24, 2.45) is 0 Å². The summed E-state index contributed by atoms with van der Waals surface area (Å²) < 4.78 is 18.1. The molecular formula is C9H8FNO3. The number of benzene rings is 1. The molecule has 0 aliphatic carbocycles. The molecule has 0 radical (unpaired) electrons. The second-order valence-corrected chi connectivity index (χ2v) is 2.83. The number of halogens is 1. The van der Waals surface area contributed by atoms with Gasteiger partial charge in [0.2, 0.25) is 0 Å². The van der Waals surface area contributed by atoms with Crippen molar-refractivity contribution in [3.63, 3.8) is 0 Å². The molecule has 74 valence electrons. The molecular weight excluding hydrogens is 189 g/mol. The van der Waals surface area contributed by atoms with E-state index in [0.717, 1.165) is 0 Å². The van der Waals surface area contributed by atoms with Gasteiger partial charge in [0.25, 0.3) is 0 Å². The summed E-state index contributed by atoms with van der Waals surface area (Å²) in [5.41, 5.74) is 2.34. The van der Waals surface area contributed by atoms with Crippen molar-refractivity contribution in [2.45, 2.75) is 6.10 Å². The van der Waals surface area contributed by atoms with Crippen LogP contribution in [0, 0.1) is 5.82 Å². The van der Waals surface area contributed by atoms with E-state index in [9.17, 15) is 9.18 Å². The van der Waals surface area contributed by atoms with Gasteiger partial charge in [0.1, 0.15) is 12.4 Å². The quantitative estimate of drug-likeness (QED) is 0.742. The van der Waals surface area contributed by atoms with Gasteiger partial charge in [-0.15, -0.1) is 0 Å². The topological polar surface area (TPSA) is 47.6 Å². The van der Waals surface area contributed by atoms with Crippen molar-refractivity contribution in [3.05, 3.63) is 35.6 Å². The predicted molar refractivity (Wildman–Crippen MR) is 44.7 cm³/mol. The van der Waals surface area contributed by atoms with Gasteiger partial charge in [-0.05, 0) is 6.07 Å². The normalized spacial score (nSPS) is 21.2. The number of ether oxygens (including phenoxy) is 1. The molecule has 14 heavy (non-hydrogen) atoms. The van der Waals surface area contributed by atoms with Crippen LogP contribution in [0.1, 0.15) is 11.7 Å². The predicted octanol–water partition coefficient (Wildman–Crippen LogP) is 1.54. The number of cyclic esters (lactones) is 1. The Bertz CT molecular complexity index is 356. The first-order valence-electron chi connectivity index (χ1n) is 4.10. The Balaban J connectivity index is 2.22. The van der Waals surface area contributed by atoms with Crippen LogP contribution in [0.5, 0.6) is 0 Å². The Labute approximate surface area is 79.6 Å². The van der Waals surface area contributed by atoms with Gasteiger partial charge in [0.05, 0.1) is 0 Å². The van der Waals surface area contributed by atoms with E-state index in [2.05, 4.69) is 0 Å². The maximum atomic E-state index is 13.2. The van der Waals surface area contributed by atoms with Crippen molar-refractivity contribution in [2.75, 3.05) is 6.61 Å². The summed E-state index contributed by atoms with van der Waals surface area (Å²) >= 11 is 0. The van der Waals surface area contributed by atoms with Crippen LogP contribution in [0.15, 0.2) is 24.3 Å². The molecule has 1 atom stereocenters. The van der Waals surface area contributed by atoms with Crippen LogP contribution in [-0.4, -0.2) is 12.7 Å². The molecule has 0 saturated carbocycles. The van der Waals surface area contributed by atoms with Crippen LogP contribution < -0.4 is 5.48 Å². The standard InChI is InChI=1S/C9H8FNO3/c10-7-4-2-1-3-6(7)8-5-13-11-9(12)14-8/h1-4,8H,5H2,(H,11,12). The molecule has 1 fully saturated rings.